The van der Waals surface area contributed by atoms with E-state index in [1.54, 1.807) is 0 Å². The Kier molecular flexibility index (Phi) is 2.78. The highest BCUT2D eigenvalue weighted by atomic mass is 16.1. The smallest absolute Gasteiger partial charge is 0.224 e. The van der Waals surface area contributed by atoms with Gasteiger partial charge in [-0.2, -0.15) is 5.10 Å². The molecule has 0 spiro atoms. The second-order valence-corrected chi connectivity index (χ2v) is 5.32. The van der Waals surface area contributed by atoms with Gasteiger partial charge >= 0.3 is 0 Å². The van der Waals surface area contributed by atoms with Crippen LogP contribution in [0.15, 0.2) is 12.1 Å². The summed E-state index contributed by atoms with van der Waals surface area (Å²) in [5, 5.41) is 7.44. The molecule has 0 radical (unpaired) electrons. The molecule has 0 atom stereocenters. The van der Waals surface area contributed by atoms with Crippen molar-refractivity contribution in [3.8, 4) is 5.69 Å². The minimum atomic E-state index is 0.0535. The SMILES string of the molecule is Cc1nn(-c2cc3c(cc2N)CCC(=O)N3)c(C)c1C. The second-order valence-electron chi connectivity index (χ2n) is 5.32. The summed E-state index contributed by atoms with van der Waals surface area (Å²) in [7, 11) is 0. The second kappa shape index (κ2) is 4.37. The third-order valence-corrected chi connectivity index (χ3v) is 4.03. The Morgan fingerprint density at radius 3 is 2.65 bits per heavy atom. The molecule has 5 nitrogen and oxygen atoms in total. The van der Waals surface area contributed by atoms with Crippen molar-refractivity contribution in [3.05, 3.63) is 34.6 Å². The molecule has 0 unspecified atom stereocenters. The highest BCUT2D eigenvalue weighted by Gasteiger charge is 2.19. The van der Waals surface area contributed by atoms with Gasteiger partial charge in [0, 0.05) is 17.8 Å². The number of aromatic nitrogens is 2. The third kappa shape index (κ3) is 1.86. The fraction of sp³-hybridized carbons (Fsp3) is 0.333. The van der Waals surface area contributed by atoms with E-state index in [1.807, 2.05) is 37.6 Å². The Morgan fingerprint density at radius 2 is 2.00 bits per heavy atom. The maximum absolute atomic E-state index is 11.5. The number of aryl methyl sites for hydroxylation is 2. The zero-order valence-corrected chi connectivity index (χ0v) is 11.9. The summed E-state index contributed by atoms with van der Waals surface area (Å²) < 4.78 is 1.85. The van der Waals surface area contributed by atoms with Gasteiger partial charge in [-0.25, -0.2) is 4.68 Å². The number of nitrogens with one attached hydrogen (secondary N) is 1. The van der Waals surface area contributed by atoms with E-state index in [9.17, 15) is 4.79 Å². The van der Waals surface area contributed by atoms with Crippen molar-refractivity contribution < 1.29 is 4.79 Å². The largest absolute Gasteiger partial charge is 0.397 e. The van der Waals surface area contributed by atoms with Gasteiger partial charge in [0.1, 0.15) is 0 Å². The van der Waals surface area contributed by atoms with Crippen LogP contribution in [0.25, 0.3) is 5.69 Å². The average Bonchev–Trinajstić information content (AvgIpc) is 2.66. The number of carbonyl (C=O) groups excluding carboxylic acids is 1. The van der Waals surface area contributed by atoms with E-state index in [2.05, 4.69) is 10.4 Å². The summed E-state index contributed by atoms with van der Waals surface area (Å²) in [6.45, 7) is 6.05. The van der Waals surface area contributed by atoms with Crippen LogP contribution < -0.4 is 11.1 Å². The summed E-state index contributed by atoms with van der Waals surface area (Å²) in [4.78, 5) is 11.5. The number of amides is 1. The van der Waals surface area contributed by atoms with Crippen LogP contribution in [0.5, 0.6) is 0 Å². The summed E-state index contributed by atoms with van der Waals surface area (Å²) in [5.41, 5.74) is 12.8. The highest BCUT2D eigenvalue weighted by molar-refractivity contribution is 5.95. The van der Waals surface area contributed by atoms with E-state index >= 15 is 0 Å². The first-order valence-corrected chi connectivity index (χ1v) is 6.73. The molecule has 5 heteroatoms. The molecular formula is C15H18N4O. The van der Waals surface area contributed by atoms with Gasteiger partial charge in [0.15, 0.2) is 0 Å². The quantitative estimate of drug-likeness (QED) is 0.781. The third-order valence-electron chi connectivity index (χ3n) is 4.03. The maximum atomic E-state index is 11.5. The lowest BCUT2D eigenvalue weighted by Crippen LogP contribution is -2.20. The molecule has 3 rings (SSSR count). The van der Waals surface area contributed by atoms with Gasteiger partial charge in [-0.1, -0.05) is 0 Å². The molecule has 2 aromatic rings. The van der Waals surface area contributed by atoms with Gasteiger partial charge < -0.3 is 11.1 Å². The molecule has 1 aromatic carbocycles. The number of hydrogen-bond donors (Lipinski definition) is 2. The van der Waals surface area contributed by atoms with E-state index < -0.39 is 0 Å². The van der Waals surface area contributed by atoms with E-state index in [0.29, 0.717) is 12.1 Å². The molecule has 0 saturated heterocycles. The summed E-state index contributed by atoms with van der Waals surface area (Å²) in [6.07, 6.45) is 1.26. The lowest BCUT2D eigenvalue weighted by molar-refractivity contribution is -0.116. The number of benzene rings is 1. The topological polar surface area (TPSA) is 72.9 Å². The maximum Gasteiger partial charge on any atom is 0.224 e. The van der Waals surface area contributed by atoms with Crippen LogP contribution in [-0.4, -0.2) is 15.7 Å². The van der Waals surface area contributed by atoms with Crippen LogP contribution >= 0.6 is 0 Å². The van der Waals surface area contributed by atoms with Gasteiger partial charge in [0.25, 0.3) is 0 Å². The molecule has 104 valence electrons. The van der Waals surface area contributed by atoms with Crippen LogP contribution in [0.2, 0.25) is 0 Å². The molecular weight excluding hydrogens is 252 g/mol. The van der Waals surface area contributed by atoms with E-state index in [-0.39, 0.29) is 5.91 Å². The fourth-order valence-electron chi connectivity index (χ4n) is 2.57. The molecule has 1 aliphatic heterocycles. The Morgan fingerprint density at radius 1 is 1.25 bits per heavy atom. The molecule has 1 aromatic heterocycles. The Labute approximate surface area is 117 Å². The molecule has 0 fully saturated rings. The van der Waals surface area contributed by atoms with Gasteiger partial charge in [0.05, 0.1) is 17.1 Å². The number of nitrogens with two attached hydrogens (primary N) is 1. The minimum Gasteiger partial charge on any atom is -0.397 e. The monoisotopic (exact) mass is 270 g/mol. The molecule has 0 bridgehead atoms. The van der Waals surface area contributed by atoms with E-state index in [1.165, 1.54) is 0 Å². The predicted octanol–water partition coefficient (Wildman–Crippen LogP) is 2.26. The van der Waals surface area contributed by atoms with Crippen molar-refractivity contribution in [1.29, 1.82) is 0 Å². The van der Waals surface area contributed by atoms with Crippen molar-refractivity contribution in [2.75, 3.05) is 11.1 Å². The Hall–Kier alpha value is -2.30. The standard InChI is InChI=1S/C15H18N4O/c1-8-9(2)18-19(10(8)3)14-7-13-11(6-12(14)16)4-5-15(20)17-13/h6-7H,4-5,16H2,1-3H3,(H,17,20). The zero-order chi connectivity index (χ0) is 14.4. The number of hydrogen-bond acceptors (Lipinski definition) is 3. The first-order chi connectivity index (χ1) is 9.47. The van der Waals surface area contributed by atoms with E-state index in [0.717, 1.165) is 40.3 Å². The van der Waals surface area contributed by atoms with Crippen LogP contribution in [0.3, 0.4) is 0 Å². The summed E-state index contributed by atoms with van der Waals surface area (Å²) in [6, 6.07) is 3.86. The number of carbonyl (C=O) groups is 1. The van der Waals surface area contributed by atoms with E-state index in [4.69, 9.17) is 5.73 Å². The minimum absolute atomic E-state index is 0.0535. The molecule has 0 aliphatic carbocycles. The van der Waals surface area contributed by atoms with Gasteiger partial charge in [-0.05, 0) is 50.5 Å². The lowest BCUT2D eigenvalue weighted by atomic mass is 10.0. The zero-order valence-electron chi connectivity index (χ0n) is 11.9. The molecule has 1 amide bonds. The van der Waals surface area contributed by atoms with Crippen molar-refractivity contribution in [3.63, 3.8) is 0 Å². The number of anilines is 2. The molecule has 20 heavy (non-hydrogen) atoms. The number of nitrogens with zero attached hydrogens (tertiary/aromatic N) is 2. The first kappa shape index (κ1) is 12.7. The van der Waals surface area contributed by atoms with Crippen molar-refractivity contribution >= 4 is 17.3 Å². The van der Waals surface area contributed by atoms with Crippen LogP contribution in [0.1, 0.15) is 28.9 Å². The van der Waals surface area contributed by atoms with Gasteiger partial charge in [-0.3, -0.25) is 4.79 Å². The van der Waals surface area contributed by atoms with Crippen LogP contribution in [0, 0.1) is 20.8 Å². The Balaban J connectivity index is 2.17. The molecule has 3 N–H and O–H groups in total. The highest BCUT2D eigenvalue weighted by Crippen LogP contribution is 2.31. The summed E-state index contributed by atoms with van der Waals surface area (Å²) >= 11 is 0. The number of rotatable bonds is 1. The van der Waals surface area contributed by atoms with Crippen LogP contribution in [-0.2, 0) is 11.2 Å². The van der Waals surface area contributed by atoms with Gasteiger partial charge in [0.2, 0.25) is 5.91 Å². The average molecular weight is 270 g/mol. The lowest BCUT2D eigenvalue weighted by Gasteiger charge is -2.19. The first-order valence-electron chi connectivity index (χ1n) is 6.73. The molecule has 0 saturated carbocycles. The predicted molar refractivity (Wildman–Crippen MR) is 79.1 cm³/mol. The summed E-state index contributed by atoms with van der Waals surface area (Å²) in [5.74, 6) is 0.0535. The number of nitrogen functional groups attached to an aromatic ring is 1. The van der Waals surface area contributed by atoms with Crippen LogP contribution in [0.4, 0.5) is 11.4 Å². The van der Waals surface area contributed by atoms with Gasteiger partial charge in [-0.15, -0.1) is 0 Å². The normalized spacial score (nSPS) is 14.1. The fourth-order valence-corrected chi connectivity index (χ4v) is 2.57. The number of fused-ring (bicyclic) bond motifs is 1. The van der Waals surface area contributed by atoms with Crippen molar-refractivity contribution in [1.82, 2.24) is 9.78 Å². The van der Waals surface area contributed by atoms with Crippen molar-refractivity contribution in [2.45, 2.75) is 33.6 Å². The van der Waals surface area contributed by atoms with Crippen molar-refractivity contribution in [2.24, 2.45) is 0 Å². The molecule has 1 aliphatic rings. The Bertz CT molecular complexity index is 715. The molecule has 2 heterocycles.